The van der Waals surface area contributed by atoms with Gasteiger partial charge in [0.05, 0.1) is 5.69 Å². The molecule has 0 aliphatic carbocycles. The molecule has 31 heavy (non-hydrogen) atoms. The second-order valence-electron chi connectivity index (χ2n) is 6.60. The Labute approximate surface area is 183 Å². The highest BCUT2D eigenvalue weighted by molar-refractivity contribution is 7.98. The van der Waals surface area contributed by atoms with E-state index in [1.807, 2.05) is 79.1 Å². The molecule has 0 saturated heterocycles. The van der Waals surface area contributed by atoms with E-state index in [0.29, 0.717) is 11.4 Å². The van der Waals surface area contributed by atoms with E-state index in [-0.39, 0.29) is 18.2 Å². The van der Waals surface area contributed by atoms with Gasteiger partial charge in [-0.25, -0.2) is 14.5 Å². The number of carbonyl (C=O) groups excluding carboxylic acids is 2. The number of hydrogen-bond acceptors (Lipinski definition) is 6. The second kappa shape index (κ2) is 9.40. The second-order valence-corrected chi connectivity index (χ2v) is 7.48. The van der Waals surface area contributed by atoms with E-state index >= 15 is 0 Å². The van der Waals surface area contributed by atoms with Crippen molar-refractivity contribution in [1.29, 1.82) is 0 Å². The fourth-order valence-electron chi connectivity index (χ4n) is 2.98. The van der Waals surface area contributed by atoms with Gasteiger partial charge in [-0.2, -0.15) is 0 Å². The van der Waals surface area contributed by atoms with Gasteiger partial charge in [0, 0.05) is 16.0 Å². The highest BCUT2D eigenvalue weighted by Gasteiger charge is 2.21. The standard InChI is InChI=1S/C24H19N3O3S/c1-31-20-14-12-17(13-15-20)21(28)16-30-24(29)22-25-23(18-8-4-2-5-9-18)27(26-22)19-10-6-3-7-11-19/h2-15H,16H2,1H3. The molecule has 0 saturated carbocycles. The monoisotopic (exact) mass is 429 g/mol. The van der Waals surface area contributed by atoms with Crippen LogP contribution in [-0.2, 0) is 4.74 Å². The number of hydrogen-bond donors (Lipinski definition) is 0. The maximum Gasteiger partial charge on any atom is 0.378 e. The normalized spacial score (nSPS) is 10.6. The van der Waals surface area contributed by atoms with Crippen LogP contribution in [0.4, 0.5) is 0 Å². The molecule has 0 N–H and O–H groups in total. The molecule has 4 rings (SSSR count). The van der Waals surface area contributed by atoms with Crippen molar-refractivity contribution < 1.29 is 14.3 Å². The van der Waals surface area contributed by atoms with Gasteiger partial charge in [0.15, 0.2) is 18.2 Å². The Bertz CT molecular complexity index is 1130. The highest BCUT2D eigenvalue weighted by atomic mass is 32.2. The zero-order chi connectivity index (χ0) is 21.6. The summed E-state index contributed by atoms with van der Waals surface area (Å²) in [5, 5.41) is 4.35. The molecule has 6 nitrogen and oxygen atoms in total. The zero-order valence-electron chi connectivity index (χ0n) is 16.8. The van der Waals surface area contributed by atoms with Crippen molar-refractivity contribution in [3.63, 3.8) is 0 Å². The Morgan fingerprint density at radius 1 is 0.903 bits per heavy atom. The number of Topliss-reactive ketones (excluding diaryl/α,β-unsaturated/α-hetero) is 1. The number of aromatic nitrogens is 3. The van der Waals surface area contributed by atoms with E-state index in [1.165, 1.54) is 0 Å². The van der Waals surface area contributed by atoms with Crippen LogP contribution in [0, 0.1) is 0 Å². The number of rotatable bonds is 7. The predicted octanol–water partition coefficient (Wildman–Crippen LogP) is 4.70. The topological polar surface area (TPSA) is 74.1 Å². The third-order valence-corrected chi connectivity index (χ3v) is 5.31. The molecule has 0 aliphatic heterocycles. The van der Waals surface area contributed by atoms with E-state index in [2.05, 4.69) is 10.1 Å². The summed E-state index contributed by atoms with van der Waals surface area (Å²) in [6.45, 7) is -0.377. The first kappa shape index (κ1) is 20.6. The van der Waals surface area contributed by atoms with E-state index in [1.54, 1.807) is 28.6 Å². The molecule has 3 aromatic carbocycles. The summed E-state index contributed by atoms with van der Waals surface area (Å²) in [6, 6.07) is 26.0. The van der Waals surface area contributed by atoms with Gasteiger partial charge < -0.3 is 4.74 Å². The minimum atomic E-state index is -0.749. The number of benzene rings is 3. The van der Waals surface area contributed by atoms with E-state index in [4.69, 9.17) is 4.74 Å². The first-order valence-electron chi connectivity index (χ1n) is 9.58. The predicted molar refractivity (Wildman–Crippen MR) is 120 cm³/mol. The molecule has 7 heteroatoms. The van der Waals surface area contributed by atoms with Crippen LogP contribution in [0.25, 0.3) is 17.1 Å². The summed E-state index contributed by atoms with van der Waals surface area (Å²) >= 11 is 1.59. The summed E-state index contributed by atoms with van der Waals surface area (Å²) in [7, 11) is 0. The van der Waals surface area contributed by atoms with E-state index in [9.17, 15) is 9.59 Å². The maximum atomic E-state index is 12.6. The van der Waals surface area contributed by atoms with Crippen LogP contribution in [0.1, 0.15) is 21.0 Å². The Balaban J connectivity index is 1.55. The van der Waals surface area contributed by atoms with Gasteiger partial charge in [0.1, 0.15) is 0 Å². The van der Waals surface area contributed by atoms with Gasteiger partial charge in [-0.1, -0.05) is 60.7 Å². The van der Waals surface area contributed by atoms with Crippen LogP contribution in [0.2, 0.25) is 0 Å². The lowest BCUT2D eigenvalue weighted by atomic mass is 10.1. The molecule has 4 aromatic rings. The number of ether oxygens (including phenoxy) is 1. The lowest BCUT2D eigenvalue weighted by molar-refractivity contribution is 0.0462. The van der Waals surface area contributed by atoms with Crippen molar-refractivity contribution in [2.24, 2.45) is 0 Å². The van der Waals surface area contributed by atoms with Gasteiger partial charge in [0.25, 0.3) is 5.82 Å². The fraction of sp³-hybridized carbons (Fsp3) is 0.0833. The molecule has 1 aromatic heterocycles. The largest absolute Gasteiger partial charge is 0.451 e. The Morgan fingerprint density at radius 3 is 2.19 bits per heavy atom. The average Bonchev–Trinajstić information content (AvgIpc) is 3.29. The third-order valence-electron chi connectivity index (χ3n) is 4.57. The lowest BCUT2D eigenvalue weighted by Crippen LogP contribution is -2.15. The molecule has 0 radical (unpaired) electrons. The molecule has 0 aliphatic rings. The molecule has 0 spiro atoms. The number of thioether (sulfide) groups is 1. The molecule has 0 bridgehead atoms. The summed E-state index contributed by atoms with van der Waals surface area (Å²) < 4.78 is 6.80. The van der Waals surface area contributed by atoms with Gasteiger partial charge >= 0.3 is 5.97 Å². The van der Waals surface area contributed by atoms with Crippen LogP contribution in [0.5, 0.6) is 0 Å². The highest BCUT2D eigenvalue weighted by Crippen LogP contribution is 2.21. The van der Waals surface area contributed by atoms with Crippen molar-refractivity contribution in [3.05, 3.63) is 96.3 Å². The number of ketones is 1. The summed E-state index contributed by atoms with van der Waals surface area (Å²) in [4.78, 5) is 30.4. The van der Waals surface area contributed by atoms with Crippen molar-refractivity contribution in [3.8, 4) is 17.1 Å². The molecule has 154 valence electrons. The summed E-state index contributed by atoms with van der Waals surface area (Å²) in [6.07, 6.45) is 1.96. The Kier molecular flexibility index (Phi) is 6.24. The quantitative estimate of drug-likeness (QED) is 0.241. The average molecular weight is 430 g/mol. The summed E-state index contributed by atoms with van der Waals surface area (Å²) in [5.41, 5.74) is 2.05. The molecule has 0 amide bonds. The van der Waals surface area contributed by atoms with Crippen LogP contribution < -0.4 is 0 Å². The van der Waals surface area contributed by atoms with Gasteiger partial charge in [0.2, 0.25) is 0 Å². The van der Waals surface area contributed by atoms with Crippen molar-refractivity contribution in [2.45, 2.75) is 4.90 Å². The molecular weight excluding hydrogens is 410 g/mol. The molecular formula is C24H19N3O3S. The smallest absolute Gasteiger partial charge is 0.378 e. The summed E-state index contributed by atoms with van der Waals surface area (Å²) in [5.74, 6) is -0.626. The Hall–Kier alpha value is -3.71. The molecule has 1 heterocycles. The number of nitrogens with zero attached hydrogens (tertiary/aromatic N) is 3. The zero-order valence-corrected chi connectivity index (χ0v) is 17.6. The maximum absolute atomic E-state index is 12.6. The van der Waals surface area contributed by atoms with E-state index < -0.39 is 5.97 Å². The number of esters is 1. The minimum absolute atomic E-state index is 0.103. The molecule has 0 atom stereocenters. The fourth-order valence-corrected chi connectivity index (χ4v) is 3.39. The number of carbonyl (C=O) groups is 2. The van der Waals surface area contributed by atoms with Crippen LogP contribution in [0.3, 0.4) is 0 Å². The lowest BCUT2D eigenvalue weighted by Gasteiger charge is -2.05. The minimum Gasteiger partial charge on any atom is -0.451 e. The van der Waals surface area contributed by atoms with E-state index in [0.717, 1.165) is 16.1 Å². The molecule has 0 unspecified atom stereocenters. The van der Waals surface area contributed by atoms with Crippen molar-refractivity contribution in [1.82, 2.24) is 14.8 Å². The molecule has 0 fully saturated rings. The first-order valence-corrected chi connectivity index (χ1v) is 10.8. The van der Waals surface area contributed by atoms with Crippen LogP contribution in [-0.4, -0.2) is 39.4 Å². The van der Waals surface area contributed by atoms with Crippen molar-refractivity contribution >= 4 is 23.5 Å². The first-order chi connectivity index (χ1) is 15.2. The SMILES string of the molecule is CSc1ccc(C(=O)COC(=O)c2nc(-c3ccccc3)n(-c3ccccc3)n2)cc1. The Morgan fingerprint density at radius 2 is 1.55 bits per heavy atom. The van der Waals surface area contributed by atoms with Gasteiger partial charge in [-0.15, -0.1) is 16.9 Å². The van der Waals surface area contributed by atoms with Crippen LogP contribution >= 0.6 is 11.8 Å². The number of para-hydroxylation sites is 1. The third kappa shape index (κ3) is 4.73. The van der Waals surface area contributed by atoms with Gasteiger partial charge in [-0.05, 0) is 30.5 Å². The van der Waals surface area contributed by atoms with Crippen molar-refractivity contribution in [2.75, 3.05) is 12.9 Å². The van der Waals surface area contributed by atoms with Crippen LogP contribution in [0.15, 0.2) is 89.8 Å². The van der Waals surface area contributed by atoms with Gasteiger partial charge in [-0.3, -0.25) is 4.79 Å².